The number of fused-ring (bicyclic) bond motifs is 1. The van der Waals surface area contributed by atoms with Gasteiger partial charge in [0.1, 0.15) is 15.3 Å². The number of anilines is 1. The number of benzene rings is 1. The number of hydrogen-bond donors (Lipinski definition) is 1. The lowest BCUT2D eigenvalue weighted by Gasteiger charge is -2.31. The molecule has 1 aliphatic rings. The van der Waals surface area contributed by atoms with E-state index in [4.69, 9.17) is 0 Å². The van der Waals surface area contributed by atoms with Crippen molar-refractivity contribution in [1.29, 1.82) is 0 Å². The van der Waals surface area contributed by atoms with E-state index in [-0.39, 0.29) is 10.3 Å². The van der Waals surface area contributed by atoms with Crippen LogP contribution in [0.4, 0.5) is 18.9 Å². The molecule has 4 aromatic rings. The number of ether oxygens (including phenoxy) is 1. The molecular weight excluding hydrogens is 586 g/mol. The van der Waals surface area contributed by atoms with Crippen molar-refractivity contribution in [3.63, 3.8) is 0 Å². The zero-order chi connectivity index (χ0) is 28.7. The number of carbonyl (C=O) groups excluding carboxylic acids is 1. The first-order valence-corrected chi connectivity index (χ1v) is 15.7. The van der Waals surface area contributed by atoms with Crippen LogP contribution < -0.4 is 4.31 Å². The summed E-state index contributed by atoms with van der Waals surface area (Å²) in [6.07, 6.45) is -3.29. The highest BCUT2D eigenvalue weighted by Gasteiger charge is 2.42. The molecule has 0 unspecified atom stereocenters. The molecule has 0 bridgehead atoms. The molecule has 5 rings (SSSR count). The molecule has 40 heavy (non-hydrogen) atoms. The van der Waals surface area contributed by atoms with Crippen molar-refractivity contribution in [2.45, 2.75) is 55.8 Å². The Balaban J connectivity index is 1.32. The Bertz CT molecular complexity index is 1590. The zero-order valence-electron chi connectivity index (χ0n) is 21.6. The molecule has 0 radical (unpaired) electrons. The molecule has 4 heterocycles. The summed E-state index contributed by atoms with van der Waals surface area (Å²) in [5.41, 5.74) is 2.00. The molecule has 14 heteroatoms. The van der Waals surface area contributed by atoms with Crippen LogP contribution in [0.25, 0.3) is 21.6 Å². The minimum atomic E-state index is -4.98. The number of sulfonamides is 1. The summed E-state index contributed by atoms with van der Waals surface area (Å²) in [5, 5.41) is 3.33. The molecule has 0 atom stereocenters. The molecule has 1 aromatic carbocycles. The Labute approximate surface area is 237 Å². The van der Waals surface area contributed by atoms with Crippen molar-refractivity contribution in [2.24, 2.45) is 0 Å². The Morgan fingerprint density at radius 2 is 1.98 bits per heavy atom. The van der Waals surface area contributed by atoms with E-state index in [1.807, 2.05) is 32.0 Å². The summed E-state index contributed by atoms with van der Waals surface area (Å²) in [6, 6.07) is 10.5. The minimum absolute atomic E-state index is 0.275. The van der Waals surface area contributed by atoms with Gasteiger partial charge in [-0.15, -0.1) is 22.7 Å². The first-order chi connectivity index (χ1) is 18.9. The number of carbonyl (C=O) groups is 1. The molecule has 0 spiro atoms. The first kappa shape index (κ1) is 28.6. The highest BCUT2D eigenvalue weighted by molar-refractivity contribution is 7.94. The molecule has 0 saturated carbocycles. The number of thiazole rings is 1. The SMILES string of the molecule is CC(C)N(c1cccc2cc(-c3ncc(CN4CCC(OC(=O)C(F)(F)F)CC4)s3)[nH]c12)S(=O)(=O)c1cccs1. The van der Waals surface area contributed by atoms with Crippen molar-refractivity contribution >= 4 is 55.3 Å². The van der Waals surface area contributed by atoms with E-state index < -0.39 is 28.3 Å². The third kappa shape index (κ3) is 5.90. The second-order valence-electron chi connectivity index (χ2n) is 9.76. The number of nitrogens with zero attached hydrogens (tertiary/aromatic N) is 3. The van der Waals surface area contributed by atoms with Gasteiger partial charge in [0.05, 0.1) is 16.9 Å². The highest BCUT2D eigenvalue weighted by Crippen LogP contribution is 2.36. The van der Waals surface area contributed by atoms with Gasteiger partial charge < -0.3 is 9.72 Å². The fourth-order valence-corrected chi connectivity index (χ4v) is 8.44. The van der Waals surface area contributed by atoms with Crippen LogP contribution in [0.3, 0.4) is 0 Å². The van der Waals surface area contributed by atoms with Gasteiger partial charge >= 0.3 is 12.1 Å². The smallest absolute Gasteiger partial charge is 0.456 e. The second-order valence-corrected chi connectivity index (χ2v) is 13.9. The maximum atomic E-state index is 13.5. The number of alkyl halides is 3. The Morgan fingerprint density at radius 3 is 2.62 bits per heavy atom. The molecule has 8 nitrogen and oxygen atoms in total. The van der Waals surface area contributed by atoms with E-state index in [9.17, 15) is 26.4 Å². The van der Waals surface area contributed by atoms with E-state index in [1.165, 1.54) is 27.0 Å². The lowest BCUT2D eigenvalue weighted by Crippen LogP contribution is -2.39. The molecule has 1 N–H and O–H groups in total. The molecule has 1 saturated heterocycles. The topological polar surface area (TPSA) is 95.6 Å². The van der Waals surface area contributed by atoms with E-state index in [2.05, 4.69) is 19.6 Å². The number of esters is 1. The molecular formula is C26H27F3N4O4S3. The van der Waals surface area contributed by atoms with Crippen molar-refractivity contribution < 1.29 is 31.1 Å². The molecule has 1 fully saturated rings. The number of para-hydroxylation sites is 1. The first-order valence-electron chi connectivity index (χ1n) is 12.6. The van der Waals surface area contributed by atoms with E-state index in [0.717, 1.165) is 21.0 Å². The number of nitrogens with one attached hydrogen (secondary N) is 1. The zero-order valence-corrected chi connectivity index (χ0v) is 24.1. The third-order valence-corrected chi connectivity index (χ3v) is 10.9. The lowest BCUT2D eigenvalue weighted by molar-refractivity contribution is -0.206. The van der Waals surface area contributed by atoms with Crippen LogP contribution in [0.15, 0.2) is 52.2 Å². The molecule has 214 valence electrons. The molecule has 0 amide bonds. The van der Waals surface area contributed by atoms with Crippen LogP contribution in [0.2, 0.25) is 0 Å². The summed E-state index contributed by atoms with van der Waals surface area (Å²) in [5.74, 6) is -2.14. The number of rotatable bonds is 8. The van der Waals surface area contributed by atoms with Crippen LogP contribution in [-0.2, 0) is 26.1 Å². The fraction of sp³-hybridized carbons (Fsp3) is 0.385. The lowest BCUT2D eigenvalue weighted by atomic mass is 10.1. The van der Waals surface area contributed by atoms with Gasteiger partial charge in [0.2, 0.25) is 0 Å². The molecule has 1 aliphatic heterocycles. The highest BCUT2D eigenvalue weighted by atomic mass is 32.2. The van der Waals surface area contributed by atoms with Gasteiger partial charge in [-0.2, -0.15) is 13.2 Å². The van der Waals surface area contributed by atoms with Crippen molar-refractivity contribution in [3.8, 4) is 10.7 Å². The fourth-order valence-electron chi connectivity index (χ4n) is 4.76. The Hall–Kier alpha value is -2.94. The average Bonchev–Trinajstić information content (AvgIpc) is 3.65. The third-order valence-electron chi connectivity index (χ3n) is 6.55. The predicted octanol–water partition coefficient (Wildman–Crippen LogP) is 6.03. The maximum Gasteiger partial charge on any atom is 0.490 e. The largest absolute Gasteiger partial charge is 0.490 e. The number of H-pyrrole nitrogens is 1. The summed E-state index contributed by atoms with van der Waals surface area (Å²) in [6.45, 7) is 5.25. The van der Waals surface area contributed by atoms with Crippen molar-refractivity contribution in [1.82, 2.24) is 14.9 Å². The monoisotopic (exact) mass is 612 g/mol. The van der Waals surface area contributed by atoms with Gasteiger partial charge in [0, 0.05) is 42.1 Å². The quantitative estimate of drug-likeness (QED) is 0.244. The van der Waals surface area contributed by atoms with Crippen LogP contribution in [0, 0.1) is 0 Å². The number of halogens is 3. The second kappa shape index (κ2) is 11.1. The summed E-state index contributed by atoms with van der Waals surface area (Å²) >= 11 is 2.66. The molecule has 0 aliphatic carbocycles. The predicted molar refractivity (Wildman–Crippen MR) is 149 cm³/mol. The molecule has 3 aromatic heterocycles. The van der Waals surface area contributed by atoms with Gasteiger partial charge in [0.15, 0.2) is 0 Å². The standard InChI is InChI=1S/C26H27F3N4O4S3/c1-16(2)33(40(35,36)22-7-4-12-38-22)21-6-3-5-17-13-20(31-23(17)21)24-30-14-19(39-24)15-32-10-8-18(9-11-32)37-25(34)26(27,28)29/h3-7,12-14,16,18,31H,8-11,15H2,1-2H3. The van der Waals surface area contributed by atoms with E-state index >= 15 is 0 Å². The Morgan fingerprint density at radius 1 is 1.23 bits per heavy atom. The van der Waals surface area contributed by atoms with Gasteiger partial charge in [-0.3, -0.25) is 9.21 Å². The average molecular weight is 613 g/mol. The van der Waals surface area contributed by atoms with E-state index in [1.54, 1.807) is 29.8 Å². The number of hydrogen-bond acceptors (Lipinski definition) is 8. The summed E-state index contributed by atoms with van der Waals surface area (Å²) < 4.78 is 70.7. The number of aromatic nitrogens is 2. The van der Waals surface area contributed by atoms with Crippen LogP contribution >= 0.6 is 22.7 Å². The van der Waals surface area contributed by atoms with Gasteiger partial charge in [0.25, 0.3) is 10.0 Å². The van der Waals surface area contributed by atoms with Crippen LogP contribution in [0.5, 0.6) is 0 Å². The van der Waals surface area contributed by atoms with Crippen LogP contribution in [0.1, 0.15) is 31.6 Å². The van der Waals surface area contributed by atoms with Gasteiger partial charge in [-0.05, 0) is 50.3 Å². The van der Waals surface area contributed by atoms with Crippen molar-refractivity contribution in [3.05, 3.63) is 52.9 Å². The summed E-state index contributed by atoms with van der Waals surface area (Å²) in [7, 11) is -3.76. The number of thiophene rings is 1. The normalized spacial score (nSPS) is 15.7. The van der Waals surface area contributed by atoms with E-state index in [0.29, 0.717) is 43.7 Å². The van der Waals surface area contributed by atoms with Gasteiger partial charge in [-0.25, -0.2) is 18.2 Å². The number of piperidine rings is 1. The summed E-state index contributed by atoms with van der Waals surface area (Å²) in [4.78, 5) is 22.1. The minimum Gasteiger partial charge on any atom is -0.456 e. The Kier molecular flexibility index (Phi) is 7.97. The number of likely N-dealkylation sites (tertiary alicyclic amines) is 1. The number of aromatic amines is 1. The maximum absolute atomic E-state index is 13.5. The van der Waals surface area contributed by atoms with Gasteiger partial charge in [-0.1, -0.05) is 18.2 Å². The van der Waals surface area contributed by atoms with Crippen molar-refractivity contribution in [2.75, 3.05) is 17.4 Å². The van der Waals surface area contributed by atoms with Crippen LogP contribution in [-0.4, -0.2) is 60.7 Å².